The lowest BCUT2D eigenvalue weighted by molar-refractivity contribution is 0.126. The van der Waals surface area contributed by atoms with Crippen LogP contribution in [0, 0.1) is 0 Å². The van der Waals surface area contributed by atoms with Gasteiger partial charge in [0.2, 0.25) is 5.09 Å². The van der Waals surface area contributed by atoms with E-state index in [1.807, 2.05) is 6.92 Å². The van der Waals surface area contributed by atoms with Gasteiger partial charge in [-0.05, 0) is 25.1 Å². The van der Waals surface area contributed by atoms with Gasteiger partial charge in [0.1, 0.15) is 5.76 Å². The average Bonchev–Trinajstić information content (AvgIpc) is 2.78. The molecule has 0 bridgehead atoms. The summed E-state index contributed by atoms with van der Waals surface area (Å²) >= 11 is 0. The van der Waals surface area contributed by atoms with E-state index in [0.717, 1.165) is 20.0 Å². The lowest BCUT2D eigenvalue weighted by Crippen LogP contribution is -2.31. The number of nitrogens with zero attached hydrogens (tertiary/aromatic N) is 1. The summed E-state index contributed by atoms with van der Waals surface area (Å²) in [5.41, 5.74) is 0. The number of furan rings is 1. The maximum atomic E-state index is 12.2. The molecule has 0 aliphatic carbocycles. The minimum atomic E-state index is -3.98. The number of sulfonamides is 1. The fraction of sp³-hybridized carbons (Fsp3) is 0.636. The third-order valence-corrected chi connectivity index (χ3v) is 4.12. The van der Waals surface area contributed by atoms with Gasteiger partial charge in [0.25, 0.3) is 16.4 Å². The van der Waals surface area contributed by atoms with E-state index in [0.29, 0.717) is 16.6 Å². The van der Waals surface area contributed by atoms with E-state index in [4.69, 9.17) is 4.42 Å². The highest BCUT2D eigenvalue weighted by Crippen LogP contribution is 2.18. The molecule has 0 saturated carbocycles. The Bertz CT molecular complexity index is 488. The standard InChI is InChI=1S/C11H18F2N2O3S/c1-3-6-14-7-9-4-5-11(18-9)19(16,17)15(2)8-10(12)13/h4-5,10,14H,3,6-8H2,1-2H3. The van der Waals surface area contributed by atoms with Crippen LogP contribution < -0.4 is 5.32 Å². The number of nitrogens with one attached hydrogen (secondary N) is 1. The van der Waals surface area contributed by atoms with Crippen molar-refractivity contribution in [1.29, 1.82) is 0 Å². The molecule has 1 heterocycles. The van der Waals surface area contributed by atoms with E-state index in [1.165, 1.54) is 12.1 Å². The molecule has 1 aromatic heterocycles. The number of halogens is 2. The third kappa shape index (κ3) is 4.55. The first kappa shape index (κ1) is 16.1. The van der Waals surface area contributed by atoms with Gasteiger partial charge < -0.3 is 9.73 Å². The van der Waals surface area contributed by atoms with Gasteiger partial charge in [-0.2, -0.15) is 4.31 Å². The molecule has 0 fully saturated rings. The van der Waals surface area contributed by atoms with Crippen LogP contribution in [0.1, 0.15) is 19.1 Å². The lowest BCUT2D eigenvalue weighted by atomic mass is 10.4. The Kier molecular flexibility index (Phi) is 5.89. The summed E-state index contributed by atoms with van der Waals surface area (Å²) in [6, 6.07) is 2.80. The summed E-state index contributed by atoms with van der Waals surface area (Å²) in [4.78, 5) is 0. The average molecular weight is 296 g/mol. The second kappa shape index (κ2) is 6.97. The first-order chi connectivity index (χ1) is 8.87. The Morgan fingerprint density at radius 1 is 1.42 bits per heavy atom. The molecule has 0 radical (unpaired) electrons. The van der Waals surface area contributed by atoms with Gasteiger partial charge in [0.15, 0.2) is 0 Å². The molecule has 110 valence electrons. The summed E-state index contributed by atoms with van der Waals surface area (Å²) < 4.78 is 53.9. The van der Waals surface area contributed by atoms with Crippen molar-refractivity contribution >= 4 is 10.0 Å². The maximum Gasteiger partial charge on any atom is 0.276 e. The van der Waals surface area contributed by atoms with E-state index < -0.39 is 23.0 Å². The second-order valence-corrected chi connectivity index (χ2v) is 6.05. The molecular weight excluding hydrogens is 278 g/mol. The summed E-state index contributed by atoms with van der Waals surface area (Å²) in [6.45, 7) is 2.34. The highest BCUT2D eigenvalue weighted by Gasteiger charge is 2.26. The van der Waals surface area contributed by atoms with E-state index in [-0.39, 0.29) is 5.09 Å². The van der Waals surface area contributed by atoms with Crippen LogP contribution in [0.2, 0.25) is 0 Å². The predicted molar refractivity (Wildman–Crippen MR) is 66.5 cm³/mol. The minimum absolute atomic E-state index is 0.316. The van der Waals surface area contributed by atoms with Crippen LogP contribution >= 0.6 is 0 Å². The van der Waals surface area contributed by atoms with E-state index in [1.54, 1.807) is 0 Å². The molecule has 8 heteroatoms. The molecule has 0 aromatic carbocycles. The van der Waals surface area contributed by atoms with Crippen LogP contribution in [-0.4, -0.2) is 39.3 Å². The molecule has 1 N–H and O–H groups in total. The van der Waals surface area contributed by atoms with Gasteiger partial charge in [-0.1, -0.05) is 6.92 Å². The molecule has 1 rings (SSSR count). The summed E-state index contributed by atoms with van der Waals surface area (Å²) in [6.07, 6.45) is -1.77. The quantitative estimate of drug-likeness (QED) is 0.741. The SMILES string of the molecule is CCCNCc1ccc(S(=O)(=O)N(C)CC(F)F)o1. The molecule has 0 amide bonds. The monoisotopic (exact) mass is 296 g/mol. The van der Waals surface area contributed by atoms with E-state index in [2.05, 4.69) is 5.32 Å². The minimum Gasteiger partial charge on any atom is -0.447 e. The van der Waals surface area contributed by atoms with E-state index >= 15 is 0 Å². The van der Waals surface area contributed by atoms with Gasteiger partial charge in [-0.25, -0.2) is 17.2 Å². The lowest BCUT2D eigenvalue weighted by Gasteiger charge is -2.14. The van der Waals surface area contributed by atoms with Crippen molar-refractivity contribution in [3.63, 3.8) is 0 Å². The van der Waals surface area contributed by atoms with Crippen molar-refractivity contribution < 1.29 is 21.6 Å². The summed E-state index contributed by atoms with van der Waals surface area (Å²) in [5, 5.41) is 2.74. The first-order valence-corrected chi connectivity index (χ1v) is 7.35. The highest BCUT2D eigenvalue weighted by molar-refractivity contribution is 7.89. The third-order valence-electron chi connectivity index (χ3n) is 2.42. The Hall–Kier alpha value is -0.990. The zero-order chi connectivity index (χ0) is 14.5. The van der Waals surface area contributed by atoms with Gasteiger partial charge in [-0.15, -0.1) is 0 Å². The second-order valence-electron chi connectivity index (χ2n) is 4.07. The Morgan fingerprint density at radius 3 is 2.68 bits per heavy atom. The first-order valence-electron chi connectivity index (χ1n) is 5.91. The zero-order valence-corrected chi connectivity index (χ0v) is 11.7. The Balaban J connectivity index is 2.73. The molecule has 5 nitrogen and oxygen atoms in total. The topological polar surface area (TPSA) is 62.6 Å². The molecule has 0 unspecified atom stereocenters. The fourth-order valence-electron chi connectivity index (χ4n) is 1.43. The van der Waals surface area contributed by atoms with Crippen molar-refractivity contribution in [1.82, 2.24) is 9.62 Å². The van der Waals surface area contributed by atoms with Crippen LogP contribution in [0.3, 0.4) is 0 Å². The summed E-state index contributed by atoms with van der Waals surface area (Å²) in [5.74, 6) is 0.456. The summed E-state index contributed by atoms with van der Waals surface area (Å²) in [7, 11) is -2.89. The number of alkyl halides is 2. The highest BCUT2D eigenvalue weighted by atomic mass is 32.2. The van der Waals surface area contributed by atoms with Crippen molar-refractivity contribution in [3.8, 4) is 0 Å². The van der Waals surface area contributed by atoms with Crippen molar-refractivity contribution in [2.24, 2.45) is 0 Å². The van der Waals surface area contributed by atoms with Gasteiger partial charge in [-0.3, -0.25) is 0 Å². The van der Waals surface area contributed by atoms with E-state index in [9.17, 15) is 17.2 Å². The van der Waals surface area contributed by atoms with Crippen LogP contribution in [0.15, 0.2) is 21.6 Å². The van der Waals surface area contributed by atoms with Crippen LogP contribution in [0.4, 0.5) is 8.78 Å². The molecule has 0 saturated heterocycles. The molecule has 0 atom stereocenters. The normalized spacial score (nSPS) is 12.5. The number of hydrogen-bond acceptors (Lipinski definition) is 4. The smallest absolute Gasteiger partial charge is 0.276 e. The van der Waals surface area contributed by atoms with Gasteiger partial charge >= 0.3 is 0 Å². The zero-order valence-electron chi connectivity index (χ0n) is 10.9. The molecular formula is C11H18F2N2O3S. The van der Waals surface area contributed by atoms with Gasteiger partial charge in [0, 0.05) is 7.05 Å². The van der Waals surface area contributed by atoms with Crippen LogP contribution in [-0.2, 0) is 16.6 Å². The molecule has 19 heavy (non-hydrogen) atoms. The number of rotatable bonds is 8. The van der Waals surface area contributed by atoms with Crippen molar-refractivity contribution in [3.05, 3.63) is 17.9 Å². The van der Waals surface area contributed by atoms with Crippen LogP contribution in [0.5, 0.6) is 0 Å². The van der Waals surface area contributed by atoms with Crippen LogP contribution in [0.25, 0.3) is 0 Å². The molecule has 0 aliphatic rings. The molecule has 0 aliphatic heterocycles. The Labute approximate surface area is 111 Å². The van der Waals surface area contributed by atoms with Crippen molar-refractivity contribution in [2.75, 3.05) is 20.1 Å². The number of hydrogen-bond donors (Lipinski definition) is 1. The predicted octanol–water partition coefficient (Wildman–Crippen LogP) is 1.66. The fourth-order valence-corrected chi connectivity index (χ4v) is 2.49. The largest absolute Gasteiger partial charge is 0.447 e. The molecule has 0 spiro atoms. The Morgan fingerprint density at radius 2 is 2.11 bits per heavy atom. The van der Waals surface area contributed by atoms with Gasteiger partial charge in [0.05, 0.1) is 13.1 Å². The molecule has 1 aromatic rings. The van der Waals surface area contributed by atoms with Crippen molar-refractivity contribution in [2.45, 2.75) is 31.4 Å². The maximum absolute atomic E-state index is 12.2.